The van der Waals surface area contributed by atoms with Crippen LogP contribution < -0.4 is 10.7 Å². The lowest BCUT2D eigenvalue weighted by Gasteiger charge is -2.50. The molecule has 18 atom stereocenters. The molecule has 0 saturated carbocycles. The number of cyclic esters (lactones) is 1. The van der Waals surface area contributed by atoms with Gasteiger partial charge in [-0.3, -0.25) is 19.2 Å². The number of ketones is 1. The lowest BCUT2D eigenvalue weighted by Crippen LogP contribution is -2.61. The SMILES string of the molecule is CC[C@@H]1OC(=O)[C@H](C)[C@H](O[C@@H]2C[C@](C)(OC)[C@H](OC(=O)CCNCCSc3cnc4c(c3)c(=O)c(C(=O)O)cn4CC)[C@H](C)O2)[C@@H](C)[C@H](O[C@@H]2O[C@H](C)C[C@H](N(C)C)[C@@H]2O)C(C)(OC)C[C@H](C)C(=O)[C@H](C)[C@@H](O)[C@]1(C)O. The van der Waals surface area contributed by atoms with Crippen molar-refractivity contribution in [3.8, 4) is 0 Å². The van der Waals surface area contributed by atoms with Crippen molar-refractivity contribution >= 4 is 46.5 Å². The van der Waals surface area contributed by atoms with E-state index in [4.69, 9.17) is 37.9 Å². The Morgan fingerprint density at radius 3 is 2.20 bits per heavy atom. The predicted molar refractivity (Wildman–Crippen MR) is 282 cm³/mol. The summed E-state index contributed by atoms with van der Waals surface area (Å²) in [4.78, 5) is 73.9. The standard InChI is InChI=1S/C54H86N4O17S/c1-16-38-54(11,67)45(63)30(5)41(60)28(3)24-52(9,68-14)46(75-51-43(62)37(57(12)13)22-29(4)70-51)31(6)44(32(7)50(66)72-38)74-40-25-53(10,69-15)47(33(8)71-40)73-39(59)18-19-55-20-21-76-34-23-35-42(61)36(49(64)65)27-58(17-2)48(35)56-26-34/h23,26-33,37-38,40,43-47,51,55,62-63,67H,16-22,24-25H2,1-15H3,(H,64,65)/t28-,29+,30-,31+,32+,33-,37-,38-,40+,43-,44+,45+,46-,47+,51-,52?,53-,54+/m0/s1. The molecule has 0 spiro atoms. The van der Waals surface area contributed by atoms with Crippen molar-refractivity contribution in [1.82, 2.24) is 19.8 Å². The van der Waals surface area contributed by atoms with Crippen LogP contribution in [0.5, 0.6) is 0 Å². The van der Waals surface area contributed by atoms with Gasteiger partial charge in [0.05, 0.1) is 53.8 Å². The molecule has 3 fully saturated rings. The van der Waals surface area contributed by atoms with Gasteiger partial charge in [-0.05, 0) is 87.9 Å². The Labute approximate surface area is 451 Å². The Morgan fingerprint density at radius 2 is 1.59 bits per heavy atom. The average molecular weight is 1100 g/mol. The third-order valence-corrected chi connectivity index (χ3v) is 17.0. The highest BCUT2D eigenvalue weighted by Gasteiger charge is 2.55. The number of hydrogen-bond donors (Lipinski definition) is 5. The summed E-state index contributed by atoms with van der Waals surface area (Å²) in [6.07, 6.45) is -6.70. The average Bonchev–Trinajstić information content (AvgIpc) is 3.37. The van der Waals surface area contributed by atoms with Gasteiger partial charge in [0.15, 0.2) is 18.7 Å². The predicted octanol–water partition coefficient (Wildman–Crippen LogP) is 4.19. The summed E-state index contributed by atoms with van der Waals surface area (Å²) in [5.74, 6) is -6.11. The van der Waals surface area contributed by atoms with E-state index in [1.54, 1.807) is 58.4 Å². The van der Waals surface area contributed by atoms with Crippen LogP contribution in [0.2, 0.25) is 0 Å². The van der Waals surface area contributed by atoms with E-state index in [1.807, 2.05) is 39.8 Å². The number of pyridine rings is 2. The van der Waals surface area contributed by atoms with Crippen LogP contribution >= 0.6 is 11.8 Å². The largest absolute Gasteiger partial charge is 0.477 e. The van der Waals surface area contributed by atoms with Crippen molar-refractivity contribution in [3.05, 3.63) is 34.2 Å². The quantitative estimate of drug-likeness (QED) is 0.0795. The molecule has 430 valence electrons. The zero-order valence-corrected chi connectivity index (χ0v) is 47.9. The van der Waals surface area contributed by atoms with Crippen molar-refractivity contribution in [2.75, 3.05) is 47.2 Å². The number of nitrogens with one attached hydrogen (secondary N) is 1. The molecule has 76 heavy (non-hydrogen) atoms. The molecule has 3 saturated heterocycles. The van der Waals surface area contributed by atoms with Gasteiger partial charge in [0.1, 0.15) is 40.4 Å². The summed E-state index contributed by atoms with van der Waals surface area (Å²) < 4.78 is 52.9. The van der Waals surface area contributed by atoms with E-state index in [0.29, 0.717) is 35.8 Å². The van der Waals surface area contributed by atoms with Crippen molar-refractivity contribution in [1.29, 1.82) is 0 Å². The third kappa shape index (κ3) is 14.2. The summed E-state index contributed by atoms with van der Waals surface area (Å²) in [6, 6.07) is 1.31. The van der Waals surface area contributed by atoms with E-state index < -0.39 is 119 Å². The lowest BCUT2D eigenvalue weighted by molar-refractivity contribution is -0.320. The number of aliphatic hydroxyl groups excluding tert-OH is 2. The summed E-state index contributed by atoms with van der Waals surface area (Å²) in [5, 5.41) is 48.3. The summed E-state index contributed by atoms with van der Waals surface area (Å²) in [6.45, 7) is 20.0. The summed E-state index contributed by atoms with van der Waals surface area (Å²) in [5.41, 5.74) is -5.05. The second-order valence-electron chi connectivity index (χ2n) is 22.0. The monoisotopic (exact) mass is 1090 g/mol. The van der Waals surface area contributed by atoms with Gasteiger partial charge in [0.25, 0.3) is 0 Å². The first-order chi connectivity index (χ1) is 35.6. The molecule has 5 heterocycles. The van der Waals surface area contributed by atoms with Crippen LogP contribution in [0.1, 0.15) is 119 Å². The number of aromatic nitrogens is 2. The number of Topliss-reactive ketones (excluding diaryl/α,β-unsaturated/α-hetero) is 1. The van der Waals surface area contributed by atoms with E-state index in [-0.39, 0.29) is 61.1 Å². The number of hydrogen-bond acceptors (Lipinski definition) is 20. The van der Waals surface area contributed by atoms with Gasteiger partial charge in [0.2, 0.25) is 5.43 Å². The van der Waals surface area contributed by atoms with Gasteiger partial charge in [-0.1, -0.05) is 27.7 Å². The van der Waals surface area contributed by atoms with E-state index in [9.17, 15) is 44.4 Å². The Kier molecular flexibility index (Phi) is 22.1. The van der Waals surface area contributed by atoms with Gasteiger partial charge in [-0.25, -0.2) is 9.78 Å². The third-order valence-electron chi connectivity index (χ3n) is 16.0. The minimum absolute atomic E-state index is 0.0117. The van der Waals surface area contributed by atoms with E-state index in [0.717, 1.165) is 0 Å². The molecule has 0 aliphatic carbocycles. The molecule has 0 radical (unpaired) electrons. The van der Waals surface area contributed by atoms with Crippen LogP contribution in [0.3, 0.4) is 0 Å². The number of ether oxygens (including phenoxy) is 8. The molecule has 1 unspecified atom stereocenters. The van der Waals surface area contributed by atoms with Crippen LogP contribution in [0.15, 0.2) is 28.2 Å². The number of esters is 2. The number of likely N-dealkylation sites (N-methyl/N-ethyl adjacent to an activating group) is 1. The highest BCUT2D eigenvalue weighted by molar-refractivity contribution is 7.99. The summed E-state index contributed by atoms with van der Waals surface area (Å²) in [7, 11) is 6.71. The van der Waals surface area contributed by atoms with Crippen molar-refractivity contribution in [3.63, 3.8) is 0 Å². The lowest BCUT2D eigenvalue weighted by atomic mass is 9.74. The number of carbonyl (C=O) groups is 4. The maximum atomic E-state index is 14.6. The molecule has 5 N–H and O–H groups in total. The van der Waals surface area contributed by atoms with Crippen molar-refractivity contribution in [2.45, 2.75) is 204 Å². The molecule has 5 rings (SSSR count). The van der Waals surface area contributed by atoms with Crippen LogP contribution in [0, 0.1) is 23.7 Å². The van der Waals surface area contributed by atoms with Gasteiger partial charge in [0, 0.05) is 87.1 Å². The molecule has 3 aliphatic rings. The van der Waals surface area contributed by atoms with Crippen LogP contribution in [0.25, 0.3) is 11.0 Å². The molecule has 22 heteroatoms. The van der Waals surface area contributed by atoms with Gasteiger partial charge < -0.3 is 73.1 Å². The number of aryl methyl sites for hydroxylation is 1. The molecule has 3 aliphatic heterocycles. The molecule has 21 nitrogen and oxygen atoms in total. The number of rotatable bonds is 18. The first kappa shape index (κ1) is 63.2. The fraction of sp³-hybridized carbons (Fsp3) is 0.778. The van der Waals surface area contributed by atoms with E-state index >= 15 is 0 Å². The Balaban J connectivity index is 1.35. The van der Waals surface area contributed by atoms with Crippen LogP contribution in [-0.4, -0.2) is 190 Å². The summed E-state index contributed by atoms with van der Waals surface area (Å²) >= 11 is 1.42. The number of thioether (sulfide) groups is 1. The van der Waals surface area contributed by atoms with Crippen molar-refractivity contribution < 1.29 is 77.5 Å². The van der Waals surface area contributed by atoms with E-state index in [2.05, 4.69) is 10.3 Å². The second kappa shape index (κ2) is 26.5. The van der Waals surface area contributed by atoms with Crippen LogP contribution in [0.4, 0.5) is 0 Å². The number of aliphatic hydroxyl groups is 3. The minimum atomic E-state index is -2.03. The number of nitrogens with zero attached hydrogens (tertiary/aromatic N) is 3. The maximum absolute atomic E-state index is 14.6. The zero-order chi connectivity index (χ0) is 56.8. The second-order valence-corrected chi connectivity index (χ2v) is 23.1. The highest BCUT2D eigenvalue weighted by Crippen LogP contribution is 2.42. The van der Waals surface area contributed by atoms with Crippen LogP contribution in [-0.2, 0) is 58.8 Å². The zero-order valence-electron chi connectivity index (χ0n) is 47.1. The first-order valence-corrected chi connectivity index (χ1v) is 27.6. The Bertz CT molecular complexity index is 2370. The molecular formula is C54H86N4O17S. The first-order valence-electron chi connectivity index (χ1n) is 26.6. The number of carboxylic acid groups (broad SMARTS) is 1. The Morgan fingerprint density at radius 1 is 0.934 bits per heavy atom. The molecule has 0 bridgehead atoms. The number of carboxylic acids is 1. The van der Waals surface area contributed by atoms with Gasteiger partial charge in [-0.2, -0.15) is 0 Å². The molecule has 2 aromatic heterocycles. The molecular weight excluding hydrogens is 1010 g/mol. The number of carbonyl (C=O) groups excluding carboxylic acids is 3. The fourth-order valence-corrected chi connectivity index (χ4v) is 12.1. The van der Waals surface area contributed by atoms with Gasteiger partial charge in [-0.15, -0.1) is 11.8 Å². The van der Waals surface area contributed by atoms with Gasteiger partial charge >= 0.3 is 17.9 Å². The molecule has 0 aromatic carbocycles. The van der Waals surface area contributed by atoms with E-state index in [1.165, 1.54) is 46.0 Å². The smallest absolute Gasteiger partial charge is 0.341 e. The number of fused-ring (bicyclic) bond motifs is 1. The molecule has 2 aromatic rings. The minimum Gasteiger partial charge on any atom is -0.477 e. The Hall–Kier alpha value is -3.65. The topological polar surface area (TPSA) is 273 Å². The molecule has 0 amide bonds. The number of methoxy groups -OCH3 is 2. The number of aromatic carboxylic acids is 1. The normalized spacial score (nSPS) is 37.2. The fourth-order valence-electron chi connectivity index (χ4n) is 11.3. The maximum Gasteiger partial charge on any atom is 0.341 e. The highest BCUT2D eigenvalue weighted by atomic mass is 32.2. The van der Waals surface area contributed by atoms with Crippen molar-refractivity contribution in [2.24, 2.45) is 23.7 Å².